The minimum atomic E-state index is -0.573. The molecule has 0 saturated carbocycles. The van der Waals surface area contributed by atoms with Crippen molar-refractivity contribution in [3.63, 3.8) is 0 Å². The summed E-state index contributed by atoms with van der Waals surface area (Å²) in [5.41, 5.74) is 11.6. The van der Waals surface area contributed by atoms with Crippen molar-refractivity contribution < 1.29 is 0 Å². The predicted molar refractivity (Wildman–Crippen MR) is 271 cm³/mol. The van der Waals surface area contributed by atoms with E-state index in [1.165, 1.54) is 10.8 Å². The van der Waals surface area contributed by atoms with Crippen LogP contribution in [0.2, 0.25) is 0 Å². The molecule has 1 N–H and O–H groups in total. The maximum atomic E-state index is 11.5. The summed E-state index contributed by atoms with van der Waals surface area (Å²) in [6, 6.07) is 66.9. The second kappa shape index (κ2) is 15.4. The van der Waals surface area contributed by atoms with Crippen LogP contribution in [-0.2, 0) is 0 Å². The fraction of sp³-hybridized carbons (Fsp3) is 0.0517. The molecule has 1 aliphatic carbocycles. The summed E-state index contributed by atoms with van der Waals surface area (Å²) in [5, 5.41) is 19.8. The van der Waals surface area contributed by atoms with Crippen molar-refractivity contribution in [1.82, 2.24) is 14.5 Å². The van der Waals surface area contributed by atoms with Gasteiger partial charge in [0, 0.05) is 54.1 Å². The zero-order valence-corrected chi connectivity index (χ0v) is 36.4. The van der Waals surface area contributed by atoms with Crippen LogP contribution in [-0.4, -0.2) is 20.8 Å². The van der Waals surface area contributed by atoms with Gasteiger partial charge in [-0.15, -0.1) is 0 Å². The number of anilines is 3. The number of aliphatic imine (C=N–C) groups is 2. The average Bonchev–Trinajstić information content (AvgIpc) is 3.89. The number of nitriles is 1. The molecule has 0 bridgehead atoms. The standard InChI is InChI=1S/C58H39N7S/c59-36-39-32-45(58-61-56(37-18-4-1-5-19-37)60-57(62-58)38-20-6-2-7-21-38)53(65-48-28-14-16-30-54(48)66-55-31-17-15-29-49(55)65)34-50(39)64-47-27-13-11-25-42(47)44-33-43-41-24-10-12-26-46(41)63(51(43)35-52(44)64)40-22-8-3-9-23-40/h1-20,22-35,38,58H,21H2,(H,60,61,62). The van der Waals surface area contributed by atoms with E-state index in [2.05, 4.69) is 214 Å². The highest BCUT2D eigenvalue weighted by molar-refractivity contribution is 7.99. The Bertz CT molecular complexity index is 3730. The van der Waals surface area contributed by atoms with Crippen LogP contribution in [0.3, 0.4) is 0 Å². The number of benzene rings is 8. The van der Waals surface area contributed by atoms with Gasteiger partial charge in [-0.05, 0) is 79.2 Å². The Labute approximate surface area is 385 Å². The van der Waals surface area contributed by atoms with Crippen molar-refractivity contribution in [1.29, 1.82) is 5.26 Å². The van der Waals surface area contributed by atoms with Gasteiger partial charge in [-0.2, -0.15) is 5.26 Å². The van der Waals surface area contributed by atoms with E-state index in [1.54, 1.807) is 11.8 Å². The molecule has 2 unspecified atom stereocenters. The van der Waals surface area contributed by atoms with Crippen LogP contribution >= 0.6 is 11.8 Å². The smallest absolute Gasteiger partial charge is 0.150 e. The number of hydrogen-bond acceptors (Lipinski definition) is 6. The average molecular weight is 866 g/mol. The summed E-state index contributed by atoms with van der Waals surface area (Å²) in [6.45, 7) is 0. The molecule has 2 aromatic heterocycles. The van der Waals surface area contributed by atoms with Gasteiger partial charge in [0.25, 0.3) is 0 Å². The zero-order valence-electron chi connectivity index (χ0n) is 35.6. The molecule has 2 atom stereocenters. The largest absolute Gasteiger partial charge is 0.344 e. The van der Waals surface area contributed by atoms with E-state index in [9.17, 15) is 5.26 Å². The summed E-state index contributed by atoms with van der Waals surface area (Å²) >= 11 is 1.78. The Kier molecular flexibility index (Phi) is 8.90. The monoisotopic (exact) mass is 865 g/mol. The van der Waals surface area contributed by atoms with Crippen molar-refractivity contribution in [3.8, 4) is 17.4 Å². The molecule has 2 aliphatic heterocycles. The molecule has 0 amide bonds. The third kappa shape index (κ3) is 6.05. The van der Waals surface area contributed by atoms with Crippen molar-refractivity contribution in [2.24, 2.45) is 15.9 Å². The second-order valence-corrected chi connectivity index (χ2v) is 17.9. The van der Waals surface area contributed by atoms with E-state index in [0.29, 0.717) is 5.56 Å². The fourth-order valence-corrected chi connectivity index (χ4v) is 11.2. The summed E-state index contributed by atoms with van der Waals surface area (Å²) < 4.78 is 4.66. The van der Waals surface area contributed by atoms with Crippen molar-refractivity contribution in [2.45, 2.75) is 22.4 Å². The Morgan fingerprint density at radius 3 is 1.86 bits per heavy atom. The lowest BCUT2D eigenvalue weighted by Gasteiger charge is -2.36. The molecule has 8 heteroatoms. The number of allylic oxidation sites excluding steroid dienone is 3. The number of nitrogens with one attached hydrogen (secondary N) is 1. The van der Waals surface area contributed by atoms with Gasteiger partial charge in [-0.3, -0.25) is 0 Å². The third-order valence-electron chi connectivity index (χ3n) is 13.1. The number of nitrogens with zero attached hydrogens (tertiary/aromatic N) is 6. The number of rotatable bonds is 6. The van der Waals surface area contributed by atoms with Gasteiger partial charge in [0.1, 0.15) is 23.9 Å². The molecule has 66 heavy (non-hydrogen) atoms. The molecule has 0 radical (unpaired) electrons. The van der Waals surface area contributed by atoms with E-state index in [1.807, 2.05) is 18.2 Å². The van der Waals surface area contributed by atoms with Crippen molar-refractivity contribution >= 4 is 84.1 Å². The van der Waals surface area contributed by atoms with Gasteiger partial charge in [-0.1, -0.05) is 145 Å². The number of hydrogen-bond donors (Lipinski definition) is 1. The molecule has 0 saturated heterocycles. The van der Waals surface area contributed by atoms with Crippen LogP contribution in [0, 0.1) is 17.2 Å². The van der Waals surface area contributed by atoms with Gasteiger partial charge < -0.3 is 19.4 Å². The normalized spacial score (nSPS) is 16.5. The lowest BCUT2D eigenvalue weighted by atomic mass is 9.97. The van der Waals surface area contributed by atoms with Crippen LogP contribution in [0.5, 0.6) is 0 Å². The van der Waals surface area contributed by atoms with Gasteiger partial charge in [-0.25, -0.2) is 9.98 Å². The molecule has 13 rings (SSSR count). The Hall–Kier alpha value is -8.38. The number of para-hydroxylation sites is 5. The van der Waals surface area contributed by atoms with Crippen molar-refractivity contribution in [3.05, 3.63) is 223 Å². The lowest BCUT2D eigenvalue weighted by molar-refractivity contribution is 0.658. The van der Waals surface area contributed by atoms with E-state index in [0.717, 1.165) is 100 Å². The highest BCUT2D eigenvalue weighted by atomic mass is 32.2. The molecule has 312 valence electrons. The quantitative estimate of drug-likeness (QED) is 0.181. The fourth-order valence-electron chi connectivity index (χ4n) is 10.1. The van der Waals surface area contributed by atoms with E-state index in [4.69, 9.17) is 9.98 Å². The first-order valence-corrected chi connectivity index (χ1v) is 23.1. The van der Waals surface area contributed by atoms with E-state index < -0.39 is 6.17 Å². The maximum absolute atomic E-state index is 11.5. The zero-order chi connectivity index (χ0) is 43.7. The number of aromatic nitrogens is 2. The lowest BCUT2D eigenvalue weighted by Crippen LogP contribution is -2.35. The van der Waals surface area contributed by atoms with Gasteiger partial charge in [0.2, 0.25) is 0 Å². The van der Waals surface area contributed by atoms with Gasteiger partial charge in [0.05, 0.1) is 50.4 Å². The molecule has 8 aromatic carbocycles. The van der Waals surface area contributed by atoms with Crippen LogP contribution < -0.4 is 10.2 Å². The second-order valence-electron chi connectivity index (χ2n) is 16.9. The summed E-state index contributed by atoms with van der Waals surface area (Å²) in [4.78, 5) is 15.3. The summed E-state index contributed by atoms with van der Waals surface area (Å²) in [7, 11) is 0. The molecular weight excluding hydrogens is 827 g/mol. The number of fused-ring (bicyclic) bond motifs is 8. The van der Waals surface area contributed by atoms with Crippen LogP contribution in [0.25, 0.3) is 55.0 Å². The Morgan fingerprint density at radius 1 is 0.561 bits per heavy atom. The molecule has 7 nitrogen and oxygen atoms in total. The first kappa shape index (κ1) is 38.1. The van der Waals surface area contributed by atoms with Crippen LogP contribution in [0.1, 0.15) is 29.3 Å². The van der Waals surface area contributed by atoms with E-state index in [-0.39, 0.29) is 5.92 Å². The first-order chi connectivity index (χ1) is 32.7. The maximum Gasteiger partial charge on any atom is 0.150 e. The van der Waals surface area contributed by atoms with E-state index >= 15 is 0 Å². The highest BCUT2D eigenvalue weighted by Crippen LogP contribution is 2.53. The van der Waals surface area contributed by atoms with Gasteiger partial charge in [0.15, 0.2) is 0 Å². The van der Waals surface area contributed by atoms with Gasteiger partial charge >= 0.3 is 0 Å². The van der Waals surface area contributed by atoms with Crippen molar-refractivity contribution in [2.75, 3.05) is 4.90 Å². The molecule has 10 aromatic rings. The molecule has 3 aliphatic rings. The molecule has 0 fully saturated rings. The molecule has 4 heterocycles. The number of amidine groups is 2. The molecule has 0 spiro atoms. The molecular formula is C58H39N7S. The highest BCUT2D eigenvalue weighted by Gasteiger charge is 2.33. The SMILES string of the molecule is N#Cc1cc(C2N=C(C3C=CC=CC3)N=C(c3ccccc3)N2)c(N2c3ccccc3Sc3ccccc32)cc1-n1c2ccccc2c2cc3c4ccccc4n(-c4ccccc4)c3cc21. The minimum Gasteiger partial charge on any atom is -0.344 e. The first-order valence-electron chi connectivity index (χ1n) is 22.3. The Morgan fingerprint density at radius 2 is 1.18 bits per heavy atom. The summed E-state index contributed by atoms with van der Waals surface area (Å²) in [6.07, 6.45) is 8.75. The van der Waals surface area contributed by atoms with Crippen LogP contribution in [0.4, 0.5) is 17.1 Å². The minimum absolute atomic E-state index is 0.00485. The van der Waals surface area contributed by atoms with Crippen LogP contribution in [0.15, 0.2) is 226 Å². The third-order valence-corrected chi connectivity index (χ3v) is 14.2. The Balaban J connectivity index is 1.11. The summed E-state index contributed by atoms with van der Waals surface area (Å²) in [5.74, 6) is 1.50. The predicted octanol–water partition coefficient (Wildman–Crippen LogP) is 14.3. The topological polar surface area (TPSA) is 73.6 Å².